The quantitative estimate of drug-likeness (QED) is 0.575. The predicted octanol–water partition coefficient (Wildman–Crippen LogP) is 2.91. The van der Waals surface area contributed by atoms with Crippen LogP contribution in [0.15, 0.2) is 30.3 Å². The Kier molecular flexibility index (Phi) is 4.80. The molecular weight excluding hydrogens is 181 g/mol. The molecule has 1 aromatic rings. The molecule has 0 bridgehead atoms. The molecule has 0 spiro atoms. The van der Waals surface area contributed by atoms with Gasteiger partial charge in [0.15, 0.2) is 0 Å². The van der Waals surface area contributed by atoms with Crippen LogP contribution in [0.25, 0.3) is 0 Å². The number of carbonyl (C=O) groups is 1. The van der Waals surface area contributed by atoms with E-state index in [4.69, 9.17) is 4.79 Å². The minimum atomic E-state index is -4.21. The predicted molar refractivity (Wildman–Crippen MR) is 43.2 cm³/mol. The molecule has 0 saturated carbocycles. The van der Waals surface area contributed by atoms with E-state index in [1.165, 1.54) is 19.1 Å². The summed E-state index contributed by atoms with van der Waals surface area (Å²) in [5.41, 5.74) is -0.602. The Hall–Kier alpha value is -1.32. The second-order valence-corrected chi connectivity index (χ2v) is 2.10. The van der Waals surface area contributed by atoms with E-state index in [1.54, 1.807) is 6.07 Å². The van der Waals surface area contributed by atoms with E-state index >= 15 is 0 Å². The van der Waals surface area contributed by atoms with Gasteiger partial charge in [0.1, 0.15) is 6.29 Å². The highest BCUT2D eigenvalue weighted by molar-refractivity contribution is 5.44. The van der Waals surface area contributed by atoms with Crippen LogP contribution in [0.1, 0.15) is 12.5 Å². The zero-order valence-electron chi connectivity index (χ0n) is 7.01. The van der Waals surface area contributed by atoms with Crippen molar-refractivity contribution in [3.8, 4) is 0 Å². The number of aldehydes is 1. The largest absolute Gasteiger partial charge is 0.416 e. The van der Waals surface area contributed by atoms with Gasteiger partial charge in [-0.2, -0.15) is 13.2 Å². The fourth-order valence-electron chi connectivity index (χ4n) is 0.627. The minimum Gasteiger partial charge on any atom is -0.304 e. The molecule has 72 valence electrons. The second kappa shape index (κ2) is 5.35. The lowest BCUT2D eigenvalue weighted by molar-refractivity contribution is -0.137. The third-order valence-electron chi connectivity index (χ3n) is 1.10. The third kappa shape index (κ3) is 5.00. The van der Waals surface area contributed by atoms with Crippen LogP contribution < -0.4 is 0 Å². The van der Waals surface area contributed by atoms with Crippen molar-refractivity contribution < 1.29 is 18.0 Å². The SMILES string of the molecule is CC=O.FC(F)(F)c1ccccc1. The van der Waals surface area contributed by atoms with E-state index in [0.29, 0.717) is 0 Å². The van der Waals surface area contributed by atoms with Gasteiger partial charge in [0, 0.05) is 0 Å². The van der Waals surface area contributed by atoms with Gasteiger partial charge in [-0.05, 0) is 6.92 Å². The van der Waals surface area contributed by atoms with Gasteiger partial charge >= 0.3 is 6.18 Å². The lowest BCUT2D eigenvalue weighted by Crippen LogP contribution is -2.03. The molecule has 0 radical (unpaired) electrons. The Labute approximate surface area is 74.2 Å². The van der Waals surface area contributed by atoms with Crippen LogP contribution in [-0.2, 0) is 11.0 Å². The van der Waals surface area contributed by atoms with Crippen molar-refractivity contribution >= 4 is 6.29 Å². The molecular formula is C9H9F3O. The van der Waals surface area contributed by atoms with Crippen molar-refractivity contribution in [3.05, 3.63) is 35.9 Å². The molecule has 0 aromatic heterocycles. The Morgan fingerprint density at radius 1 is 1.15 bits per heavy atom. The maximum absolute atomic E-state index is 11.8. The summed E-state index contributed by atoms with van der Waals surface area (Å²) in [7, 11) is 0. The van der Waals surface area contributed by atoms with Crippen LogP contribution in [-0.4, -0.2) is 6.29 Å². The van der Waals surface area contributed by atoms with E-state index in [-0.39, 0.29) is 0 Å². The van der Waals surface area contributed by atoms with E-state index in [0.717, 1.165) is 18.4 Å². The van der Waals surface area contributed by atoms with Gasteiger partial charge in [0.25, 0.3) is 0 Å². The fraction of sp³-hybridized carbons (Fsp3) is 0.222. The summed E-state index contributed by atoms with van der Waals surface area (Å²) in [6.07, 6.45) is -3.46. The standard InChI is InChI=1S/C7H5F3.C2H4O/c8-7(9,10)6-4-2-1-3-5-6;1-2-3/h1-5H;2H,1H3. The number of carbonyl (C=O) groups excluding carboxylic acids is 1. The first-order valence-corrected chi connectivity index (χ1v) is 3.54. The molecule has 0 aliphatic carbocycles. The molecule has 1 rings (SSSR count). The number of rotatable bonds is 0. The summed E-state index contributed by atoms with van der Waals surface area (Å²) in [6, 6.07) is 6.36. The van der Waals surface area contributed by atoms with Crippen molar-refractivity contribution in [2.75, 3.05) is 0 Å². The molecule has 13 heavy (non-hydrogen) atoms. The first kappa shape index (κ1) is 11.7. The molecule has 4 heteroatoms. The first-order chi connectivity index (χ1) is 6.02. The van der Waals surface area contributed by atoms with E-state index in [1.807, 2.05) is 0 Å². The van der Waals surface area contributed by atoms with Gasteiger partial charge in [-0.15, -0.1) is 0 Å². The van der Waals surface area contributed by atoms with Crippen LogP contribution in [0.5, 0.6) is 0 Å². The molecule has 1 aromatic carbocycles. The molecule has 0 aliphatic rings. The van der Waals surface area contributed by atoms with Crippen LogP contribution in [0.3, 0.4) is 0 Å². The summed E-state index contributed by atoms with van der Waals surface area (Å²) in [5.74, 6) is 0. The average Bonchev–Trinajstić information content (AvgIpc) is 2.06. The van der Waals surface area contributed by atoms with Crippen LogP contribution in [0, 0.1) is 0 Å². The Bertz CT molecular complexity index is 241. The molecule has 0 fully saturated rings. The Morgan fingerprint density at radius 3 is 1.77 bits per heavy atom. The third-order valence-corrected chi connectivity index (χ3v) is 1.10. The van der Waals surface area contributed by atoms with Gasteiger partial charge in [-0.25, -0.2) is 0 Å². The molecule has 0 heterocycles. The zero-order valence-corrected chi connectivity index (χ0v) is 7.01. The number of hydrogen-bond acceptors (Lipinski definition) is 1. The summed E-state index contributed by atoms with van der Waals surface area (Å²) >= 11 is 0. The first-order valence-electron chi connectivity index (χ1n) is 3.54. The highest BCUT2D eigenvalue weighted by Gasteiger charge is 2.29. The number of halogens is 3. The van der Waals surface area contributed by atoms with E-state index < -0.39 is 11.7 Å². The second-order valence-electron chi connectivity index (χ2n) is 2.10. The Morgan fingerprint density at radius 2 is 1.54 bits per heavy atom. The van der Waals surface area contributed by atoms with Gasteiger partial charge in [0.2, 0.25) is 0 Å². The van der Waals surface area contributed by atoms with E-state index in [9.17, 15) is 13.2 Å². The highest BCUT2D eigenvalue weighted by Crippen LogP contribution is 2.28. The summed E-state index contributed by atoms with van der Waals surface area (Å²) in [4.78, 5) is 8.81. The van der Waals surface area contributed by atoms with Gasteiger partial charge < -0.3 is 4.79 Å². The summed E-state index contributed by atoms with van der Waals surface area (Å²) in [5, 5.41) is 0. The van der Waals surface area contributed by atoms with Crippen molar-refractivity contribution in [1.29, 1.82) is 0 Å². The van der Waals surface area contributed by atoms with Gasteiger partial charge in [-0.3, -0.25) is 0 Å². The number of benzene rings is 1. The number of alkyl halides is 3. The summed E-state index contributed by atoms with van der Waals surface area (Å²) in [6.45, 7) is 1.44. The minimum absolute atomic E-state index is 0.602. The zero-order chi connectivity index (χ0) is 10.3. The molecule has 0 saturated heterocycles. The molecule has 0 atom stereocenters. The van der Waals surface area contributed by atoms with Crippen molar-refractivity contribution in [3.63, 3.8) is 0 Å². The number of hydrogen-bond donors (Lipinski definition) is 0. The maximum atomic E-state index is 11.8. The Balaban J connectivity index is 0.000000424. The molecule has 0 amide bonds. The molecule has 0 N–H and O–H groups in total. The van der Waals surface area contributed by atoms with E-state index in [2.05, 4.69) is 0 Å². The normalized spacial score (nSPS) is 9.85. The fourth-order valence-corrected chi connectivity index (χ4v) is 0.627. The van der Waals surface area contributed by atoms with Crippen molar-refractivity contribution in [1.82, 2.24) is 0 Å². The monoisotopic (exact) mass is 190 g/mol. The van der Waals surface area contributed by atoms with Crippen LogP contribution in [0.4, 0.5) is 13.2 Å². The highest BCUT2D eigenvalue weighted by atomic mass is 19.4. The van der Waals surface area contributed by atoms with Crippen LogP contribution in [0.2, 0.25) is 0 Å². The van der Waals surface area contributed by atoms with Gasteiger partial charge in [0.05, 0.1) is 5.56 Å². The average molecular weight is 190 g/mol. The summed E-state index contributed by atoms with van der Waals surface area (Å²) < 4.78 is 35.4. The molecule has 0 aliphatic heterocycles. The maximum Gasteiger partial charge on any atom is 0.416 e. The van der Waals surface area contributed by atoms with Crippen molar-refractivity contribution in [2.24, 2.45) is 0 Å². The molecule has 0 unspecified atom stereocenters. The topological polar surface area (TPSA) is 17.1 Å². The lowest BCUT2D eigenvalue weighted by atomic mass is 10.2. The van der Waals surface area contributed by atoms with Crippen molar-refractivity contribution in [2.45, 2.75) is 13.1 Å². The smallest absolute Gasteiger partial charge is 0.304 e. The van der Waals surface area contributed by atoms with Gasteiger partial charge in [-0.1, -0.05) is 30.3 Å². The lowest BCUT2D eigenvalue weighted by Gasteiger charge is -2.03. The molecule has 1 nitrogen and oxygen atoms in total. The van der Waals surface area contributed by atoms with Crippen LogP contribution >= 0.6 is 0 Å².